The second-order valence-electron chi connectivity index (χ2n) is 5.16. The summed E-state index contributed by atoms with van der Waals surface area (Å²) in [6, 6.07) is 4.01. The molecule has 0 aliphatic rings. The molecule has 7 heteroatoms. The van der Waals surface area contributed by atoms with Crippen molar-refractivity contribution < 1.29 is 12.8 Å². The number of nitrogen functional groups attached to an aromatic ring is 1. The highest BCUT2D eigenvalue weighted by atomic mass is 32.2. The maximum absolute atomic E-state index is 13.7. The molecule has 106 valence electrons. The molecule has 0 spiro atoms. The summed E-state index contributed by atoms with van der Waals surface area (Å²) in [5, 5.41) is 7.19. The van der Waals surface area contributed by atoms with Crippen LogP contribution in [0.2, 0.25) is 0 Å². The predicted molar refractivity (Wildman–Crippen MR) is 72.9 cm³/mol. The number of sulfonamides is 1. The topological polar surface area (TPSA) is 96.0 Å². The fourth-order valence-electron chi connectivity index (χ4n) is 1.25. The molecule has 0 amide bonds. The Morgan fingerprint density at radius 2 is 2.00 bits per heavy atom. The van der Waals surface area contributed by atoms with Gasteiger partial charge in [0.25, 0.3) is 0 Å². The van der Waals surface area contributed by atoms with Crippen LogP contribution in [0.15, 0.2) is 18.2 Å². The van der Waals surface area contributed by atoms with Crippen LogP contribution in [0.1, 0.15) is 31.9 Å². The number of rotatable bonds is 4. The third kappa shape index (κ3) is 3.74. The number of nitrogens with two attached hydrogens (primary N) is 1. The van der Waals surface area contributed by atoms with Gasteiger partial charge in [-0.3, -0.25) is 5.41 Å². The van der Waals surface area contributed by atoms with E-state index in [0.717, 1.165) is 6.07 Å². The minimum atomic E-state index is -3.52. The van der Waals surface area contributed by atoms with E-state index in [4.69, 9.17) is 11.1 Å². The minimum Gasteiger partial charge on any atom is -0.384 e. The zero-order valence-electron chi connectivity index (χ0n) is 11.1. The first-order valence-electron chi connectivity index (χ1n) is 5.66. The molecular weight excluding hydrogens is 269 g/mol. The summed E-state index contributed by atoms with van der Waals surface area (Å²) in [5.74, 6) is -0.829. The van der Waals surface area contributed by atoms with E-state index in [0.29, 0.717) is 0 Å². The molecule has 19 heavy (non-hydrogen) atoms. The quantitative estimate of drug-likeness (QED) is 0.575. The molecule has 1 aromatic rings. The van der Waals surface area contributed by atoms with Gasteiger partial charge < -0.3 is 5.73 Å². The van der Waals surface area contributed by atoms with Gasteiger partial charge >= 0.3 is 0 Å². The summed E-state index contributed by atoms with van der Waals surface area (Å²) in [6.07, 6.45) is 0. The lowest BCUT2D eigenvalue weighted by atomic mass is 10.1. The smallest absolute Gasteiger partial charge is 0.216 e. The molecule has 0 fully saturated rings. The zero-order valence-corrected chi connectivity index (χ0v) is 11.9. The van der Waals surface area contributed by atoms with E-state index in [1.807, 2.05) is 0 Å². The highest BCUT2D eigenvalue weighted by molar-refractivity contribution is 7.90. The number of hydrogen-bond donors (Lipinski definition) is 3. The Kier molecular flexibility index (Phi) is 4.32. The van der Waals surface area contributed by atoms with Crippen molar-refractivity contribution in [1.29, 1.82) is 5.41 Å². The molecule has 1 aromatic carbocycles. The molecule has 0 radical (unpaired) electrons. The molecule has 0 atom stereocenters. The van der Waals surface area contributed by atoms with Crippen molar-refractivity contribution in [3.8, 4) is 0 Å². The number of benzene rings is 1. The lowest BCUT2D eigenvalue weighted by molar-refractivity contribution is 0.541. The van der Waals surface area contributed by atoms with Crippen LogP contribution in [0.25, 0.3) is 0 Å². The first-order valence-corrected chi connectivity index (χ1v) is 7.15. The van der Waals surface area contributed by atoms with Gasteiger partial charge in [-0.1, -0.05) is 12.1 Å². The molecule has 0 aliphatic heterocycles. The van der Waals surface area contributed by atoms with Crippen molar-refractivity contribution in [1.82, 2.24) is 4.72 Å². The predicted octanol–water partition coefficient (Wildman–Crippen LogP) is 1.33. The molecule has 5 nitrogen and oxygen atoms in total. The average Bonchev–Trinajstić information content (AvgIpc) is 2.25. The van der Waals surface area contributed by atoms with Crippen molar-refractivity contribution in [2.45, 2.75) is 32.1 Å². The van der Waals surface area contributed by atoms with Gasteiger partial charge in [0.05, 0.1) is 4.75 Å². The number of nitrogens with one attached hydrogen (secondary N) is 2. The first-order chi connectivity index (χ1) is 8.54. The van der Waals surface area contributed by atoms with Gasteiger partial charge in [-0.25, -0.2) is 17.5 Å². The van der Waals surface area contributed by atoms with Crippen molar-refractivity contribution in [2.75, 3.05) is 0 Å². The molecular formula is C12H18FN3O2S. The van der Waals surface area contributed by atoms with E-state index in [2.05, 4.69) is 4.72 Å². The lowest BCUT2D eigenvalue weighted by Crippen LogP contribution is -2.39. The van der Waals surface area contributed by atoms with Crippen LogP contribution in [0, 0.1) is 11.2 Å². The summed E-state index contributed by atoms with van der Waals surface area (Å²) in [7, 11) is -3.52. The van der Waals surface area contributed by atoms with Gasteiger partial charge in [0.15, 0.2) is 0 Å². The van der Waals surface area contributed by atoms with E-state index in [1.54, 1.807) is 20.8 Å². The van der Waals surface area contributed by atoms with Gasteiger partial charge in [0.1, 0.15) is 11.7 Å². The van der Waals surface area contributed by atoms with Gasteiger partial charge in [0, 0.05) is 17.7 Å². The van der Waals surface area contributed by atoms with Gasteiger partial charge in [0.2, 0.25) is 10.0 Å². The Labute approximate surface area is 112 Å². The van der Waals surface area contributed by atoms with E-state index < -0.39 is 20.6 Å². The Hall–Kier alpha value is -1.47. The fourth-order valence-corrected chi connectivity index (χ4v) is 2.03. The molecule has 0 heterocycles. The molecule has 0 bridgehead atoms. The second-order valence-corrected chi connectivity index (χ2v) is 7.68. The number of amidine groups is 1. The third-order valence-electron chi connectivity index (χ3n) is 2.62. The van der Waals surface area contributed by atoms with Crippen molar-refractivity contribution >= 4 is 15.9 Å². The first kappa shape index (κ1) is 15.6. The Balaban J connectivity index is 2.89. The van der Waals surface area contributed by atoms with E-state index in [1.165, 1.54) is 12.1 Å². The normalized spacial score (nSPS) is 12.4. The van der Waals surface area contributed by atoms with Gasteiger partial charge in [-0.2, -0.15) is 0 Å². The van der Waals surface area contributed by atoms with Crippen molar-refractivity contribution in [3.63, 3.8) is 0 Å². The zero-order chi connectivity index (χ0) is 14.8. The molecule has 0 aliphatic carbocycles. The van der Waals surface area contributed by atoms with Crippen LogP contribution in [0.3, 0.4) is 0 Å². The van der Waals surface area contributed by atoms with Crippen LogP contribution in [0.5, 0.6) is 0 Å². The van der Waals surface area contributed by atoms with Crippen LogP contribution in [0.4, 0.5) is 4.39 Å². The third-order valence-corrected chi connectivity index (χ3v) is 4.76. The molecule has 4 N–H and O–H groups in total. The van der Waals surface area contributed by atoms with Crippen LogP contribution in [-0.2, 0) is 16.6 Å². The maximum atomic E-state index is 13.7. The number of halogens is 1. The van der Waals surface area contributed by atoms with Crippen molar-refractivity contribution in [3.05, 3.63) is 35.1 Å². The SMILES string of the molecule is CC(C)(C)S(=O)(=O)NCc1ccc(C(=N)N)cc1F. The number of hydrogen-bond acceptors (Lipinski definition) is 3. The van der Waals surface area contributed by atoms with E-state index >= 15 is 0 Å². The van der Waals surface area contributed by atoms with Crippen molar-refractivity contribution in [2.24, 2.45) is 5.73 Å². The van der Waals surface area contributed by atoms with Gasteiger partial charge in [-0.05, 0) is 26.8 Å². The van der Waals surface area contributed by atoms with E-state index in [9.17, 15) is 12.8 Å². The monoisotopic (exact) mass is 287 g/mol. The van der Waals surface area contributed by atoms with Crippen LogP contribution in [-0.4, -0.2) is 19.0 Å². The van der Waals surface area contributed by atoms with Crippen LogP contribution >= 0.6 is 0 Å². The standard InChI is InChI=1S/C12H18FN3O2S/c1-12(2,3)19(17,18)16-7-9-5-4-8(11(14)15)6-10(9)13/h4-6,16H,7H2,1-3H3,(H3,14,15). The largest absolute Gasteiger partial charge is 0.384 e. The van der Waals surface area contributed by atoms with Gasteiger partial charge in [-0.15, -0.1) is 0 Å². The highest BCUT2D eigenvalue weighted by Crippen LogP contribution is 2.15. The van der Waals surface area contributed by atoms with Crippen LogP contribution < -0.4 is 10.5 Å². The molecule has 0 aromatic heterocycles. The maximum Gasteiger partial charge on any atom is 0.216 e. The summed E-state index contributed by atoms with van der Waals surface area (Å²) < 4.78 is 38.7. The molecule has 1 rings (SSSR count). The Morgan fingerprint density at radius 1 is 1.42 bits per heavy atom. The summed E-state index contributed by atoms with van der Waals surface area (Å²) in [5.41, 5.74) is 5.71. The second kappa shape index (κ2) is 5.26. The fraction of sp³-hybridized carbons (Fsp3) is 0.417. The van der Waals surface area contributed by atoms with E-state index in [-0.39, 0.29) is 23.5 Å². The highest BCUT2D eigenvalue weighted by Gasteiger charge is 2.28. The summed E-state index contributed by atoms with van der Waals surface area (Å²) in [6.45, 7) is 4.54. The minimum absolute atomic E-state index is 0.135. The molecule has 0 unspecified atom stereocenters. The summed E-state index contributed by atoms with van der Waals surface area (Å²) in [4.78, 5) is 0. The lowest BCUT2D eigenvalue weighted by Gasteiger charge is -2.19. The summed E-state index contributed by atoms with van der Waals surface area (Å²) >= 11 is 0. The Bertz CT molecular complexity index is 591. The Morgan fingerprint density at radius 3 is 2.42 bits per heavy atom. The average molecular weight is 287 g/mol. The molecule has 0 saturated carbocycles. The molecule has 0 saturated heterocycles.